The normalized spacial score (nSPS) is 13.6. The van der Waals surface area contributed by atoms with E-state index < -0.39 is 11.9 Å². The van der Waals surface area contributed by atoms with Crippen molar-refractivity contribution in [1.29, 1.82) is 0 Å². The van der Waals surface area contributed by atoms with Crippen LogP contribution in [0.15, 0.2) is 42.6 Å². The quantitative estimate of drug-likeness (QED) is 0.244. The monoisotopic (exact) mass is 495 g/mol. The summed E-state index contributed by atoms with van der Waals surface area (Å²) in [5, 5.41) is 15.6. The highest BCUT2D eigenvalue weighted by atomic mass is 16.5. The van der Waals surface area contributed by atoms with Gasteiger partial charge < -0.3 is 25.7 Å². The minimum absolute atomic E-state index is 0.361. The van der Waals surface area contributed by atoms with E-state index in [1.54, 1.807) is 0 Å². The molecule has 1 aliphatic heterocycles. The highest BCUT2D eigenvalue weighted by Crippen LogP contribution is 2.25. The van der Waals surface area contributed by atoms with Crippen LogP contribution in [-0.2, 0) is 22.6 Å². The molecule has 2 aromatic heterocycles. The third-order valence-corrected chi connectivity index (χ3v) is 5.73. The van der Waals surface area contributed by atoms with Crippen molar-refractivity contribution in [2.45, 2.75) is 45.6 Å². The number of likely N-dealkylation sites (tertiary alicyclic amines) is 1. The molecule has 0 unspecified atom stereocenters. The number of nitrogens with two attached hydrogens (primary N) is 1. The van der Waals surface area contributed by atoms with Gasteiger partial charge in [0.05, 0.1) is 6.61 Å². The Hall–Kier alpha value is -3.92. The van der Waals surface area contributed by atoms with E-state index in [0.717, 1.165) is 42.4 Å². The molecule has 1 saturated heterocycles. The number of ether oxygens (including phenoxy) is 1. The van der Waals surface area contributed by atoms with Crippen LogP contribution in [0.4, 0.5) is 5.82 Å². The fraction of sp³-hybridized carbons (Fsp3) is 0.385. The molecule has 0 aliphatic carbocycles. The molecule has 0 radical (unpaired) electrons. The van der Waals surface area contributed by atoms with Crippen LogP contribution < -0.4 is 10.5 Å². The molecular formula is C26H33N5O5. The lowest BCUT2D eigenvalue weighted by molar-refractivity contribution is -0.134. The van der Waals surface area contributed by atoms with Gasteiger partial charge in [0.2, 0.25) is 0 Å². The van der Waals surface area contributed by atoms with Gasteiger partial charge in [0.15, 0.2) is 5.82 Å². The van der Waals surface area contributed by atoms with E-state index in [9.17, 15) is 9.59 Å². The van der Waals surface area contributed by atoms with Gasteiger partial charge in [0.1, 0.15) is 11.0 Å². The molecule has 3 aromatic rings. The van der Waals surface area contributed by atoms with Gasteiger partial charge in [-0.3, -0.25) is 4.90 Å². The lowest BCUT2D eigenvalue weighted by atomic mass is 10.0. The number of benzene rings is 1. The van der Waals surface area contributed by atoms with E-state index in [2.05, 4.69) is 51.0 Å². The summed E-state index contributed by atoms with van der Waals surface area (Å²) in [7, 11) is 0. The van der Waals surface area contributed by atoms with Crippen molar-refractivity contribution in [3.8, 4) is 6.01 Å². The van der Waals surface area contributed by atoms with Gasteiger partial charge in [-0.05, 0) is 43.5 Å². The van der Waals surface area contributed by atoms with Crippen LogP contribution in [0.2, 0.25) is 0 Å². The Morgan fingerprint density at radius 2 is 1.72 bits per heavy atom. The molecule has 0 amide bonds. The molecule has 192 valence electrons. The molecule has 1 fully saturated rings. The molecule has 0 atom stereocenters. The molecule has 5 N–H and O–H groups in total. The maximum atomic E-state index is 9.55. The smallest absolute Gasteiger partial charge is 0.328 e. The number of unbranched alkanes of at least 4 members (excludes halogenated alkanes) is 1. The van der Waals surface area contributed by atoms with Crippen LogP contribution in [0.3, 0.4) is 0 Å². The third kappa shape index (κ3) is 8.09. The lowest BCUT2D eigenvalue weighted by Crippen LogP contribution is -2.18. The molecule has 10 heteroatoms. The zero-order valence-electron chi connectivity index (χ0n) is 20.4. The summed E-state index contributed by atoms with van der Waals surface area (Å²) in [6, 6.07) is 9.28. The first kappa shape index (κ1) is 26.7. The van der Waals surface area contributed by atoms with Crippen LogP contribution in [0.25, 0.3) is 11.0 Å². The molecule has 0 spiro atoms. The maximum absolute atomic E-state index is 9.55. The Morgan fingerprint density at radius 3 is 2.33 bits per heavy atom. The van der Waals surface area contributed by atoms with Crippen LogP contribution in [0.1, 0.15) is 49.3 Å². The Bertz CT molecular complexity index is 1170. The number of H-pyrrole nitrogens is 1. The zero-order valence-corrected chi connectivity index (χ0v) is 20.4. The number of hydrogen-bond acceptors (Lipinski definition) is 7. The maximum Gasteiger partial charge on any atom is 0.328 e. The van der Waals surface area contributed by atoms with E-state index in [1.807, 2.05) is 6.20 Å². The first-order valence-electron chi connectivity index (χ1n) is 12.1. The van der Waals surface area contributed by atoms with Crippen molar-refractivity contribution in [3.05, 3.63) is 59.3 Å². The number of carbonyl (C=O) groups is 2. The zero-order chi connectivity index (χ0) is 25.9. The third-order valence-electron chi connectivity index (χ3n) is 5.73. The number of carboxylic acids is 2. The molecule has 1 aliphatic rings. The van der Waals surface area contributed by atoms with E-state index in [-0.39, 0.29) is 0 Å². The van der Waals surface area contributed by atoms with Crippen LogP contribution in [-0.4, -0.2) is 61.7 Å². The summed E-state index contributed by atoms with van der Waals surface area (Å²) in [6.07, 6.45) is 8.59. The number of carboxylic acid groups (broad SMARTS) is 2. The summed E-state index contributed by atoms with van der Waals surface area (Å²) in [4.78, 5) is 33.7. The number of aromatic amines is 1. The Kier molecular flexibility index (Phi) is 9.82. The largest absolute Gasteiger partial charge is 0.478 e. The fourth-order valence-electron chi connectivity index (χ4n) is 3.89. The number of fused-ring (bicyclic) bond motifs is 1. The number of nitrogens with one attached hydrogen (secondary N) is 1. The first-order valence-corrected chi connectivity index (χ1v) is 12.1. The molecule has 0 saturated carbocycles. The van der Waals surface area contributed by atoms with E-state index >= 15 is 0 Å². The number of aromatic nitrogens is 3. The summed E-state index contributed by atoms with van der Waals surface area (Å²) >= 11 is 0. The van der Waals surface area contributed by atoms with Crippen molar-refractivity contribution < 1.29 is 24.5 Å². The van der Waals surface area contributed by atoms with Crippen molar-refractivity contribution in [1.82, 2.24) is 19.9 Å². The Balaban J connectivity index is 0.000000392. The van der Waals surface area contributed by atoms with E-state index in [4.69, 9.17) is 20.7 Å². The molecule has 3 heterocycles. The van der Waals surface area contributed by atoms with Gasteiger partial charge in [-0.25, -0.2) is 9.59 Å². The lowest BCUT2D eigenvalue weighted by Gasteiger charge is -2.14. The van der Waals surface area contributed by atoms with Gasteiger partial charge in [-0.2, -0.15) is 9.97 Å². The molecule has 4 rings (SSSR count). The summed E-state index contributed by atoms with van der Waals surface area (Å²) in [5.74, 6) is -2.08. The predicted octanol–water partition coefficient (Wildman–Crippen LogP) is 3.62. The topological polar surface area (TPSA) is 155 Å². The summed E-state index contributed by atoms with van der Waals surface area (Å²) < 4.78 is 5.67. The Labute approximate surface area is 209 Å². The second-order valence-corrected chi connectivity index (χ2v) is 8.62. The summed E-state index contributed by atoms with van der Waals surface area (Å²) in [6.45, 7) is 6.24. The standard InChI is InChI=1S/C22H29N5O.C4H4O4/c1-2-3-12-28-22-25-19-18(14-24-20(19)21(23)26-22)13-16-6-8-17(9-7-16)15-27-10-4-5-11-27;5-3(6)1-2-4(7)8/h6-9,14,24H,2-5,10-13,15H2,1H3,(H2,23,25,26);1-2H,(H,5,6)(H,7,8)/b;2-1-. The second kappa shape index (κ2) is 13.2. The second-order valence-electron chi connectivity index (χ2n) is 8.62. The number of rotatable bonds is 10. The average Bonchev–Trinajstić information content (AvgIpc) is 3.50. The average molecular weight is 496 g/mol. The molecular weight excluding hydrogens is 462 g/mol. The van der Waals surface area contributed by atoms with Gasteiger partial charge >= 0.3 is 17.9 Å². The Morgan fingerprint density at radius 1 is 1.08 bits per heavy atom. The van der Waals surface area contributed by atoms with Crippen molar-refractivity contribution in [2.75, 3.05) is 25.4 Å². The molecule has 10 nitrogen and oxygen atoms in total. The van der Waals surface area contributed by atoms with Crippen LogP contribution in [0, 0.1) is 0 Å². The fourth-order valence-corrected chi connectivity index (χ4v) is 3.89. The number of nitrogen functional groups attached to an aromatic ring is 1. The van der Waals surface area contributed by atoms with E-state index in [0.29, 0.717) is 30.6 Å². The van der Waals surface area contributed by atoms with E-state index in [1.165, 1.54) is 37.1 Å². The van der Waals surface area contributed by atoms with Gasteiger partial charge in [0.25, 0.3) is 0 Å². The molecule has 0 bridgehead atoms. The SMILES string of the molecule is CCCCOc1nc(N)c2[nH]cc(Cc3ccc(CN4CCCC4)cc3)c2n1.O=C(O)/C=C\C(=O)O. The molecule has 1 aromatic carbocycles. The minimum Gasteiger partial charge on any atom is -0.478 e. The number of anilines is 1. The highest BCUT2D eigenvalue weighted by molar-refractivity contribution is 5.89. The predicted molar refractivity (Wildman–Crippen MR) is 137 cm³/mol. The van der Waals surface area contributed by atoms with Gasteiger partial charge in [-0.15, -0.1) is 0 Å². The van der Waals surface area contributed by atoms with Gasteiger partial charge in [0, 0.05) is 36.9 Å². The van der Waals surface area contributed by atoms with Crippen molar-refractivity contribution >= 4 is 28.8 Å². The first-order chi connectivity index (χ1) is 17.4. The summed E-state index contributed by atoms with van der Waals surface area (Å²) in [5.41, 5.74) is 11.5. The minimum atomic E-state index is -1.26. The van der Waals surface area contributed by atoms with Crippen LogP contribution in [0.5, 0.6) is 6.01 Å². The number of nitrogens with zero attached hydrogens (tertiary/aromatic N) is 3. The number of hydrogen-bond donors (Lipinski definition) is 4. The highest BCUT2D eigenvalue weighted by Gasteiger charge is 2.14. The number of aliphatic carboxylic acids is 2. The van der Waals surface area contributed by atoms with Crippen molar-refractivity contribution in [3.63, 3.8) is 0 Å². The van der Waals surface area contributed by atoms with Crippen LogP contribution >= 0.6 is 0 Å². The van der Waals surface area contributed by atoms with Gasteiger partial charge in [-0.1, -0.05) is 37.6 Å². The molecule has 36 heavy (non-hydrogen) atoms. The van der Waals surface area contributed by atoms with Crippen molar-refractivity contribution in [2.24, 2.45) is 0 Å².